The Labute approximate surface area is 93.0 Å². The molecule has 0 spiro atoms. The van der Waals surface area contributed by atoms with Crippen molar-refractivity contribution in [3.8, 4) is 0 Å². The highest BCUT2D eigenvalue weighted by molar-refractivity contribution is 6.32. The average Bonchev–Trinajstić information content (AvgIpc) is 2.63. The van der Waals surface area contributed by atoms with Gasteiger partial charge < -0.3 is 15.1 Å². The van der Waals surface area contributed by atoms with Gasteiger partial charge in [-0.2, -0.15) is 0 Å². The van der Waals surface area contributed by atoms with Gasteiger partial charge in [-0.25, -0.2) is 0 Å². The van der Waals surface area contributed by atoms with Gasteiger partial charge in [-0.05, 0) is 30.5 Å². The summed E-state index contributed by atoms with van der Waals surface area (Å²) in [5, 5.41) is 0.152. The molecule has 2 rings (SSSR count). The van der Waals surface area contributed by atoms with Crippen molar-refractivity contribution in [3.63, 3.8) is 0 Å². The molecule has 1 aromatic heterocycles. The third-order valence-corrected chi connectivity index (χ3v) is 2.89. The van der Waals surface area contributed by atoms with Crippen LogP contribution in [0.5, 0.6) is 0 Å². The lowest BCUT2D eigenvalue weighted by Gasteiger charge is -2.30. The van der Waals surface area contributed by atoms with Crippen LogP contribution in [0.2, 0.25) is 5.22 Å². The Hall–Kier alpha value is -1.00. The first-order valence-corrected chi connectivity index (χ1v) is 5.34. The fourth-order valence-electron chi connectivity index (χ4n) is 1.81. The van der Waals surface area contributed by atoms with E-state index in [1.807, 2.05) is 0 Å². The molecule has 0 aromatic carbocycles. The maximum Gasteiger partial charge on any atom is 0.258 e. The zero-order valence-electron chi connectivity index (χ0n) is 8.28. The van der Waals surface area contributed by atoms with Crippen LogP contribution in [-0.4, -0.2) is 29.9 Å². The van der Waals surface area contributed by atoms with Crippen LogP contribution in [0.15, 0.2) is 16.7 Å². The van der Waals surface area contributed by atoms with Gasteiger partial charge in [0.05, 0.1) is 11.8 Å². The molecule has 1 unspecified atom stereocenters. The molecule has 0 saturated carbocycles. The molecule has 1 aliphatic heterocycles. The third-order valence-electron chi connectivity index (χ3n) is 2.59. The Morgan fingerprint density at radius 2 is 2.47 bits per heavy atom. The minimum Gasteiger partial charge on any atom is -0.452 e. The van der Waals surface area contributed by atoms with Crippen molar-refractivity contribution in [2.24, 2.45) is 5.73 Å². The first-order chi connectivity index (χ1) is 7.18. The van der Waals surface area contributed by atoms with Crippen molar-refractivity contribution < 1.29 is 9.21 Å². The lowest BCUT2D eigenvalue weighted by molar-refractivity contribution is 0.0708. The molecule has 1 amide bonds. The summed E-state index contributed by atoms with van der Waals surface area (Å²) in [7, 11) is 0. The van der Waals surface area contributed by atoms with Gasteiger partial charge in [0, 0.05) is 19.1 Å². The van der Waals surface area contributed by atoms with Crippen LogP contribution in [-0.2, 0) is 0 Å². The van der Waals surface area contributed by atoms with Gasteiger partial charge in [-0.1, -0.05) is 0 Å². The number of likely N-dealkylation sites (tertiary alicyclic amines) is 1. The molecular weight excluding hydrogens is 216 g/mol. The Bertz CT molecular complexity index is 364. The SMILES string of the molecule is NC1CCCN(C(=O)c2ccoc2Cl)C1. The minimum absolute atomic E-state index is 0.0772. The molecule has 1 aliphatic rings. The minimum atomic E-state index is -0.0936. The van der Waals surface area contributed by atoms with E-state index in [4.69, 9.17) is 21.8 Å². The third kappa shape index (κ3) is 2.16. The fourth-order valence-corrected chi connectivity index (χ4v) is 2.01. The van der Waals surface area contributed by atoms with Gasteiger partial charge in [0.2, 0.25) is 5.22 Å². The lowest BCUT2D eigenvalue weighted by atomic mass is 10.1. The van der Waals surface area contributed by atoms with Crippen LogP contribution < -0.4 is 5.73 Å². The molecule has 0 radical (unpaired) electrons. The van der Waals surface area contributed by atoms with E-state index in [1.165, 1.54) is 6.26 Å². The Morgan fingerprint density at radius 3 is 3.07 bits per heavy atom. The number of nitrogens with zero attached hydrogens (tertiary/aromatic N) is 1. The first kappa shape index (κ1) is 10.5. The Balaban J connectivity index is 2.11. The van der Waals surface area contributed by atoms with Crippen LogP contribution >= 0.6 is 11.6 Å². The number of nitrogens with two attached hydrogens (primary N) is 1. The second-order valence-electron chi connectivity index (χ2n) is 3.76. The van der Waals surface area contributed by atoms with E-state index in [-0.39, 0.29) is 17.2 Å². The van der Waals surface area contributed by atoms with Crippen molar-refractivity contribution in [1.82, 2.24) is 4.90 Å². The zero-order valence-corrected chi connectivity index (χ0v) is 9.04. The van der Waals surface area contributed by atoms with Crippen molar-refractivity contribution in [2.45, 2.75) is 18.9 Å². The summed E-state index contributed by atoms with van der Waals surface area (Å²) in [6.45, 7) is 1.34. The van der Waals surface area contributed by atoms with Gasteiger partial charge in [-0.3, -0.25) is 4.79 Å². The molecular formula is C10H13ClN2O2. The number of amides is 1. The van der Waals surface area contributed by atoms with E-state index in [0.29, 0.717) is 12.1 Å². The summed E-state index contributed by atoms with van der Waals surface area (Å²) in [6.07, 6.45) is 3.34. The number of furan rings is 1. The molecule has 1 aromatic rings. The van der Waals surface area contributed by atoms with E-state index < -0.39 is 0 Å². The van der Waals surface area contributed by atoms with Crippen molar-refractivity contribution >= 4 is 17.5 Å². The number of hydrogen-bond donors (Lipinski definition) is 1. The standard InChI is InChI=1S/C10H13ClN2O2/c11-9-8(3-5-15-9)10(14)13-4-1-2-7(12)6-13/h3,5,7H,1-2,4,6,12H2. The van der Waals surface area contributed by atoms with Crippen LogP contribution in [0.3, 0.4) is 0 Å². The monoisotopic (exact) mass is 228 g/mol. The van der Waals surface area contributed by atoms with Gasteiger partial charge in [0.1, 0.15) is 0 Å². The molecule has 1 atom stereocenters. The quantitative estimate of drug-likeness (QED) is 0.793. The normalized spacial score (nSPS) is 21.7. The number of carbonyl (C=O) groups excluding carboxylic acids is 1. The summed E-state index contributed by atoms with van der Waals surface area (Å²) in [5.41, 5.74) is 6.23. The second-order valence-corrected chi connectivity index (χ2v) is 4.10. The number of hydrogen-bond acceptors (Lipinski definition) is 3. The molecule has 82 valence electrons. The summed E-state index contributed by atoms with van der Waals surface area (Å²) in [4.78, 5) is 13.7. The van der Waals surface area contributed by atoms with Gasteiger partial charge in [0.15, 0.2) is 0 Å². The van der Waals surface area contributed by atoms with Crippen LogP contribution in [0, 0.1) is 0 Å². The maximum absolute atomic E-state index is 12.0. The highest BCUT2D eigenvalue weighted by atomic mass is 35.5. The number of piperidine rings is 1. The maximum atomic E-state index is 12.0. The number of rotatable bonds is 1. The van der Waals surface area contributed by atoms with E-state index in [1.54, 1.807) is 11.0 Å². The highest BCUT2D eigenvalue weighted by Crippen LogP contribution is 2.20. The van der Waals surface area contributed by atoms with Crippen molar-refractivity contribution in [2.75, 3.05) is 13.1 Å². The van der Waals surface area contributed by atoms with Crippen LogP contribution in [0.1, 0.15) is 23.2 Å². The van der Waals surface area contributed by atoms with E-state index in [9.17, 15) is 4.79 Å². The highest BCUT2D eigenvalue weighted by Gasteiger charge is 2.24. The molecule has 2 heterocycles. The van der Waals surface area contributed by atoms with Gasteiger partial charge >= 0.3 is 0 Å². The largest absolute Gasteiger partial charge is 0.452 e. The van der Waals surface area contributed by atoms with Crippen molar-refractivity contribution in [3.05, 3.63) is 23.1 Å². The Morgan fingerprint density at radius 1 is 1.67 bits per heavy atom. The molecule has 1 fully saturated rings. The summed E-state index contributed by atoms with van der Waals surface area (Å²) in [5.74, 6) is -0.0936. The van der Waals surface area contributed by atoms with Crippen LogP contribution in [0.4, 0.5) is 0 Å². The fraction of sp³-hybridized carbons (Fsp3) is 0.500. The van der Waals surface area contributed by atoms with E-state index in [0.717, 1.165) is 19.4 Å². The summed E-state index contributed by atoms with van der Waals surface area (Å²) in [6, 6.07) is 1.67. The average molecular weight is 229 g/mol. The first-order valence-electron chi connectivity index (χ1n) is 4.96. The molecule has 15 heavy (non-hydrogen) atoms. The smallest absolute Gasteiger partial charge is 0.258 e. The zero-order chi connectivity index (χ0) is 10.8. The lowest BCUT2D eigenvalue weighted by Crippen LogP contribution is -2.45. The van der Waals surface area contributed by atoms with Crippen LogP contribution in [0.25, 0.3) is 0 Å². The number of halogens is 1. The molecule has 1 saturated heterocycles. The number of carbonyl (C=O) groups is 1. The molecule has 0 aliphatic carbocycles. The van der Waals surface area contributed by atoms with E-state index in [2.05, 4.69) is 0 Å². The topological polar surface area (TPSA) is 59.5 Å². The predicted octanol–water partition coefficient (Wildman–Crippen LogP) is 1.50. The Kier molecular flexibility index (Phi) is 2.98. The molecule has 4 nitrogen and oxygen atoms in total. The van der Waals surface area contributed by atoms with E-state index >= 15 is 0 Å². The van der Waals surface area contributed by atoms with Gasteiger partial charge in [-0.15, -0.1) is 0 Å². The molecule has 5 heteroatoms. The summed E-state index contributed by atoms with van der Waals surface area (Å²) >= 11 is 5.74. The predicted molar refractivity (Wildman–Crippen MR) is 56.8 cm³/mol. The van der Waals surface area contributed by atoms with Gasteiger partial charge in [0.25, 0.3) is 5.91 Å². The second kappa shape index (κ2) is 4.24. The molecule has 2 N–H and O–H groups in total. The summed E-state index contributed by atoms with van der Waals surface area (Å²) < 4.78 is 4.89. The molecule has 0 bridgehead atoms. The van der Waals surface area contributed by atoms with Crippen molar-refractivity contribution in [1.29, 1.82) is 0 Å².